The number of hydrogen-bond acceptors (Lipinski definition) is 5. The summed E-state index contributed by atoms with van der Waals surface area (Å²) in [4.78, 5) is 14.5. The van der Waals surface area contributed by atoms with E-state index in [-0.39, 0.29) is 5.92 Å². The number of hydrogen-bond donors (Lipinski definition) is 1. The zero-order chi connectivity index (χ0) is 16.8. The van der Waals surface area contributed by atoms with Gasteiger partial charge in [0.2, 0.25) is 0 Å². The normalized spacial score (nSPS) is 17.9. The molecule has 5 rings (SSSR count). The van der Waals surface area contributed by atoms with Gasteiger partial charge in [0.1, 0.15) is 6.33 Å². The summed E-state index contributed by atoms with van der Waals surface area (Å²) in [5.74, 6) is 0.221. The van der Waals surface area contributed by atoms with Crippen LogP contribution in [0.15, 0.2) is 43.2 Å². The van der Waals surface area contributed by atoms with E-state index in [0.29, 0.717) is 0 Å². The second-order valence-electron chi connectivity index (χ2n) is 6.48. The number of imidazole rings is 1. The van der Waals surface area contributed by atoms with Crippen LogP contribution < -0.4 is 0 Å². The van der Waals surface area contributed by atoms with E-state index < -0.39 is 0 Å². The molecule has 5 heterocycles. The topological polar surface area (TPSA) is 79.9 Å². The van der Waals surface area contributed by atoms with Gasteiger partial charge in [0, 0.05) is 44.4 Å². The van der Waals surface area contributed by atoms with Crippen LogP contribution in [-0.2, 0) is 20.1 Å². The fourth-order valence-corrected chi connectivity index (χ4v) is 3.65. The lowest BCUT2D eigenvalue weighted by Gasteiger charge is -2.31. The average molecular weight is 334 g/mol. The molecule has 8 nitrogen and oxygen atoms in total. The van der Waals surface area contributed by atoms with Gasteiger partial charge in [-0.15, -0.1) is 0 Å². The molecule has 1 N–H and O–H groups in total. The van der Waals surface area contributed by atoms with Crippen LogP contribution in [0.5, 0.6) is 0 Å². The highest BCUT2D eigenvalue weighted by Crippen LogP contribution is 2.31. The monoisotopic (exact) mass is 334 g/mol. The largest absolute Gasteiger partial charge is 0.347 e. The molecule has 126 valence electrons. The van der Waals surface area contributed by atoms with Crippen molar-refractivity contribution >= 4 is 5.65 Å². The van der Waals surface area contributed by atoms with Gasteiger partial charge < -0.3 is 4.98 Å². The Hall–Kier alpha value is -3.00. The molecule has 1 aliphatic heterocycles. The van der Waals surface area contributed by atoms with Crippen LogP contribution in [-0.4, -0.2) is 45.8 Å². The summed E-state index contributed by atoms with van der Waals surface area (Å²) >= 11 is 0. The maximum Gasteiger partial charge on any atom is 0.155 e. The van der Waals surface area contributed by atoms with E-state index in [2.05, 4.69) is 42.3 Å². The molecule has 0 fully saturated rings. The molecule has 1 aliphatic rings. The van der Waals surface area contributed by atoms with Gasteiger partial charge in [-0.1, -0.05) is 6.07 Å². The predicted molar refractivity (Wildman–Crippen MR) is 90.7 cm³/mol. The number of pyridine rings is 1. The van der Waals surface area contributed by atoms with Crippen LogP contribution in [0.4, 0.5) is 0 Å². The van der Waals surface area contributed by atoms with Gasteiger partial charge in [0.15, 0.2) is 5.65 Å². The van der Waals surface area contributed by atoms with Crippen LogP contribution in [0.3, 0.4) is 0 Å². The van der Waals surface area contributed by atoms with Gasteiger partial charge in [0.05, 0.1) is 29.6 Å². The maximum absolute atomic E-state index is 4.56. The Kier molecular flexibility index (Phi) is 3.17. The summed E-state index contributed by atoms with van der Waals surface area (Å²) in [5, 5.41) is 8.67. The Morgan fingerprint density at radius 3 is 3.08 bits per heavy atom. The van der Waals surface area contributed by atoms with E-state index in [1.165, 1.54) is 11.3 Å². The smallest absolute Gasteiger partial charge is 0.155 e. The van der Waals surface area contributed by atoms with Crippen molar-refractivity contribution in [2.75, 3.05) is 6.54 Å². The predicted octanol–water partition coefficient (Wildman–Crippen LogP) is 1.33. The third-order valence-electron chi connectivity index (χ3n) is 4.80. The number of aryl methyl sites for hydroxylation is 1. The Morgan fingerprint density at radius 2 is 2.20 bits per heavy atom. The summed E-state index contributed by atoms with van der Waals surface area (Å²) in [6.07, 6.45) is 7.39. The molecule has 8 heteroatoms. The van der Waals surface area contributed by atoms with Crippen molar-refractivity contribution in [2.24, 2.45) is 7.05 Å². The van der Waals surface area contributed by atoms with Gasteiger partial charge >= 0.3 is 0 Å². The Labute approximate surface area is 144 Å². The highest BCUT2D eigenvalue weighted by atomic mass is 15.3. The third kappa shape index (κ3) is 2.42. The number of aromatic amines is 1. The molecule has 1 atom stereocenters. The highest BCUT2D eigenvalue weighted by Gasteiger charge is 2.30. The second-order valence-corrected chi connectivity index (χ2v) is 6.48. The molecule has 4 aromatic heterocycles. The number of aromatic nitrogens is 7. The molecule has 1 unspecified atom stereocenters. The summed E-state index contributed by atoms with van der Waals surface area (Å²) in [7, 11) is 1.95. The fraction of sp³-hybridized carbons (Fsp3) is 0.294. The molecule has 0 amide bonds. The van der Waals surface area contributed by atoms with E-state index in [0.717, 1.165) is 36.7 Å². The molecule has 4 aromatic rings. The van der Waals surface area contributed by atoms with E-state index in [9.17, 15) is 0 Å². The molecule has 0 spiro atoms. The van der Waals surface area contributed by atoms with Gasteiger partial charge in [-0.3, -0.25) is 9.58 Å². The van der Waals surface area contributed by atoms with Crippen LogP contribution >= 0.6 is 0 Å². The first kappa shape index (κ1) is 14.4. The molecule has 0 saturated heterocycles. The minimum absolute atomic E-state index is 0.221. The van der Waals surface area contributed by atoms with Gasteiger partial charge in [-0.25, -0.2) is 14.5 Å². The molecule has 0 radical (unpaired) electrons. The number of rotatable bonds is 3. The molecule has 0 aromatic carbocycles. The van der Waals surface area contributed by atoms with E-state index in [4.69, 9.17) is 0 Å². The van der Waals surface area contributed by atoms with Crippen molar-refractivity contribution < 1.29 is 0 Å². The standard InChI is InChI=1S/C17H18N8/c1-23-6-12(5-21-23)14-8-24(9-15-17(14)20-10-18-15)7-13-3-2-4-16-19-11-22-25(13)16/h2-6,10-11,14H,7-9H2,1H3,(H,18,20). The lowest BCUT2D eigenvalue weighted by atomic mass is 9.93. The summed E-state index contributed by atoms with van der Waals surface area (Å²) in [5.41, 5.74) is 5.50. The minimum Gasteiger partial charge on any atom is -0.347 e. The first-order valence-corrected chi connectivity index (χ1v) is 8.28. The van der Waals surface area contributed by atoms with Crippen molar-refractivity contribution in [3.63, 3.8) is 0 Å². The number of fused-ring (bicyclic) bond motifs is 2. The summed E-state index contributed by atoms with van der Waals surface area (Å²) < 4.78 is 3.75. The second kappa shape index (κ2) is 5.52. The average Bonchev–Trinajstić information content (AvgIpc) is 3.34. The third-order valence-corrected chi connectivity index (χ3v) is 4.80. The molecular weight excluding hydrogens is 316 g/mol. The fourth-order valence-electron chi connectivity index (χ4n) is 3.65. The molecule has 25 heavy (non-hydrogen) atoms. The molecule has 0 saturated carbocycles. The Bertz CT molecular complexity index is 1030. The number of nitrogens with zero attached hydrogens (tertiary/aromatic N) is 7. The SMILES string of the molecule is Cn1cc(C2CN(Cc3cccc4ncnn34)Cc3[nH]cnc32)cn1. The van der Waals surface area contributed by atoms with Gasteiger partial charge in [-0.05, 0) is 12.1 Å². The van der Waals surface area contributed by atoms with Crippen LogP contribution in [0.25, 0.3) is 5.65 Å². The Balaban J connectivity index is 1.48. The van der Waals surface area contributed by atoms with Crippen molar-refractivity contribution in [3.05, 3.63) is 65.9 Å². The zero-order valence-corrected chi connectivity index (χ0v) is 13.9. The zero-order valence-electron chi connectivity index (χ0n) is 13.9. The molecule has 0 aliphatic carbocycles. The van der Waals surface area contributed by atoms with Crippen LogP contribution in [0.1, 0.15) is 28.6 Å². The van der Waals surface area contributed by atoms with Crippen molar-refractivity contribution in [3.8, 4) is 0 Å². The highest BCUT2D eigenvalue weighted by molar-refractivity contribution is 5.37. The van der Waals surface area contributed by atoms with Gasteiger partial charge in [-0.2, -0.15) is 10.2 Å². The first-order valence-electron chi connectivity index (χ1n) is 8.28. The number of nitrogens with one attached hydrogen (secondary N) is 1. The van der Waals surface area contributed by atoms with Crippen molar-refractivity contribution in [2.45, 2.75) is 19.0 Å². The summed E-state index contributed by atoms with van der Waals surface area (Å²) in [6.45, 7) is 2.54. The minimum atomic E-state index is 0.221. The first-order chi connectivity index (χ1) is 12.3. The molecular formula is C17H18N8. The van der Waals surface area contributed by atoms with Crippen LogP contribution in [0.2, 0.25) is 0 Å². The van der Waals surface area contributed by atoms with Crippen molar-refractivity contribution in [1.82, 2.24) is 39.2 Å². The summed E-state index contributed by atoms with van der Waals surface area (Å²) in [6, 6.07) is 6.10. The van der Waals surface area contributed by atoms with E-state index in [1.54, 1.807) is 12.7 Å². The quantitative estimate of drug-likeness (QED) is 0.611. The number of H-pyrrole nitrogens is 1. The van der Waals surface area contributed by atoms with Crippen molar-refractivity contribution in [1.29, 1.82) is 0 Å². The lowest BCUT2D eigenvalue weighted by Crippen LogP contribution is -2.34. The van der Waals surface area contributed by atoms with Crippen LogP contribution in [0, 0.1) is 0 Å². The molecule has 0 bridgehead atoms. The maximum atomic E-state index is 4.56. The Morgan fingerprint density at radius 1 is 1.24 bits per heavy atom. The lowest BCUT2D eigenvalue weighted by molar-refractivity contribution is 0.223. The van der Waals surface area contributed by atoms with Gasteiger partial charge in [0.25, 0.3) is 0 Å². The van der Waals surface area contributed by atoms with E-state index >= 15 is 0 Å². The van der Waals surface area contributed by atoms with E-state index in [1.807, 2.05) is 34.6 Å².